The van der Waals surface area contributed by atoms with E-state index in [9.17, 15) is 14.7 Å². The fraction of sp³-hybridized carbons (Fsp3) is 0.364. The Morgan fingerprint density at radius 3 is 2.56 bits per heavy atom. The number of aliphatic hydroxyl groups is 1. The van der Waals surface area contributed by atoms with Gasteiger partial charge in [0.25, 0.3) is 11.8 Å². The second-order valence-electron chi connectivity index (χ2n) is 4.25. The van der Waals surface area contributed by atoms with Crippen LogP contribution in [0.2, 0.25) is 0 Å². The van der Waals surface area contributed by atoms with Crippen molar-refractivity contribution in [3.8, 4) is 0 Å². The van der Waals surface area contributed by atoms with Crippen LogP contribution in [-0.2, 0) is 0 Å². The number of carbonyl (C=O) groups excluding carboxylic acids is 2. The first kappa shape index (κ1) is 9.47. The molecule has 2 amide bonds. The van der Waals surface area contributed by atoms with Crippen molar-refractivity contribution in [2.45, 2.75) is 18.4 Å². The van der Waals surface area contributed by atoms with Gasteiger partial charge in [-0.2, -0.15) is 0 Å². The summed E-state index contributed by atoms with van der Waals surface area (Å²) >= 11 is 0. The van der Waals surface area contributed by atoms with Crippen LogP contribution in [0.4, 0.5) is 0 Å². The summed E-state index contributed by atoms with van der Waals surface area (Å²) in [7, 11) is 0. The van der Waals surface area contributed by atoms with Crippen LogP contribution in [-0.4, -0.2) is 39.0 Å². The van der Waals surface area contributed by atoms with E-state index >= 15 is 0 Å². The predicted octanol–water partition coefficient (Wildman–Crippen LogP) is 0.203. The van der Waals surface area contributed by atoms with Crippen molar-refractivity contribution < 1.29 is 14.7 Å². The zero-order valence-corrected chi connectivity index (χ0v) is 8.51. The average molecular weight is 218 g/mol. The van der Waals surface area contributed by atoms with Gasteiger partial charge in [-0.25, -0.2) is 0 Å². The zero-order chi connectivity index (χ0) is 11.3. The van der Waals surface area contributed by atoms with E-state index in [-0.39, 0.29) is 18.4 Å². The summed E-state index contributed by atoms with van der Waals surface area (Å²) < 4.78 is 0. The molecule has 82 valence electrons. The van der Waals surface area contributed by atoms with E-state index in [1.165, 1.54) is 17.3 Å². The van der Waals surface area contributed by atoms with E-state index < -0.39 is 5.54 Å². The molecular formula is C11H10N2O3. The molecule has 1 aromatic heterocycles. The van der Waals surface area contributed by atoms with E-state index in [0.717, 1.165) is 0 Å². The highest BCUT2D eigenvalue weighted by Crippen LogP contribution is 2.44. The van der Waals surface area contributed by atoms with E-state index in [4.69, 9.17) is 0 Å². The Labute approximate surface area is 91.7 Å². The highest BCUT2D eigenvalue weighted by atomic mass is 16.3. The van der Waals surface area contributed by atoms with Gasteiger partial charge in [0.15, 0.2) is 0 Å². The van der Waals surface area contributed by atoms with Crippen LogP contribution >= 0.6 is 0 Å². The first-order chi connectivity index (χ1) is 7.69. The molecule has 1 aromatic rings. The van der Waals surface area contributed by atoms with Gasteiger partial charge >= 0.3 is 0 Å². The van der Waals surface area contributed by atoms with Crippen LogP contribution in [0.3, 0.4) is 0 Å². The van der Waals surface area contributed by atoms with Crippen LogP contribution in [0.25, 0.3) is 0 Å². The summed E-state index contributed by atoms with van der Waals surface area (Å²) in [6, 6.07) is 1.54. The molecule has 0 aromatic carbocycles. The Morgan fingerprint density at radius 2 is 2.00 bits per heavy atom. The molecule has 1 aliphatic heterocycles. The molecule has 16 heavy (non-hydrogen) atoms. The van der Waals surface area contributed by atoms with Crippen LogP contribution in [0.1, 0.15) is 33.6 Å². The third-order valence-corrected chi connectivity index (χ3v) is 3.28. The number of aromatic nitrogens is 1. The lowest BCUT2D eigenvalue weighted by Gasteiger charge is -2.23. The lowest BCUT2D eigenvalue weighted by atomic mass is 10.2. The van der Waals surface area contributed by atoms with Crippen LogP contribution in [0.5, 0.6) is 0 Å². The molecule has 5 heteroatoms. The van der Waals surface area contributed by atoms with Crippen LogP contribution in [0, 0.1) is 0 Å². The molecule has 1 saturated carbocycles. The van der Waals surface area contributed by atoms with Gasteiger partial charge in [-0.3, -0.25) is 19.5 Å². The van der Waals surface area contributed by atoms with Crippen molar-refractivity contribution in [3.63, 3.8) is 0 Å². The molecule has 1 fully saturated rings. The Bertz CT molecular complexity index is 459. The predicted molar refractivity (Wildman–Crippen MR) is 53.8 cm³/mol. The van der Waals surface area contributed by atoms with Crippen molar-refractivity contribution in [1.29, 1.82) is 0 Å². The monoisotopic (exact) mass is 218 g/mol. The van der Waals surface area contributed by atoms with Gasteiger partial charge in [0.05, 0.1) is 23.3 Å². The average Bonchev–Trinajstić information content (AvgIpc) is 3.05. The van der Waals surface area contributed by atoms with Gasteiger partial charge in [0.1, 0.15) is 0 Å². The molecule has 0 saturated heterocycles. The number of pyridine rings is 1. The molecule has 0 unspecified atom stereocenters. The molecular weight excluding hydrogens is 208 g/mol. The minimum atomic E-state index is -0.646. The van der Waals surface area contributed by atoms with Gasteiger partial charge in [-0.15, -0.1) is 0 Å². The van der Waals surface area contributed by atoms with Gasteiger partial charge < -0.3 is 5.11 Å². The molecule has 0 spiro atoms. The third-order valence-electron chi connectivity index (χ3n) is 3.28. The molecule has 1 aliphatic carbocycles. The molecule has 0 bridgehead atoms. The van der Waals surface area contributed by atoms with Crippen molar-refractivity contribution in [1.82, 2.24) is 9.88 Å². The number of nitrogens with zero attached hydrogens (tertiary/aromatic N) is 2. The van der Waals surface area contributed by atoms with Gasteiger partial charge in [0.2, 0.25) is 0 Å². The SMILES string of the molecule is O=C1c2ccncc2C(=O)N1C1(CO)CC1. The fourth-order valence-corrected chi connectivity index (χ4v) is 2.11. The highest BCUT2D eigenvalue weighted by molar-refractivity contribution is 6.21. The van der Waals surface area contributed by atoms with Crippen molar-refractivity contribution in [2.75, 3.05) is 6.61 Å². The number of hydrogen-bond acceptors (Lipinski definition) is 4. The van der Waals surface area contributed by atoms with Crippen LogP contribution < -0.4 is 0 Å². The maximum absolute atomic E-state index is 12.0. The summed E-state index contributed by atoms with van der Waals surface area (Å²) in [6.45, 7) is -0.161. The topological polar surface area (TPSA) is 70.5 Å². The number of hydrogen-bond donors (Lipinski definition) is 1. The lowest BCUT2D eigenvalue weighted by Crippen LogP contribution is -2.44. The third kappa shape index (κ3) is 1.01. The van der Waals surface area contributed by atoms with E-state index in [1.807, 2.05) is 0 Å². The van der Waals surface area contributed by atoms with Crippen molar-refractivity contribution in [3.05, 3.63) is 29.6 Å². The molecule has 0 radical (unpaired) electrons. The Balaban J connectivity index is 2.08. The Morgan fingerprint density at radius 1 is 1.31 bits per heavy atom. The second kappa shape index (κ2) is 2.89. The number of carbonyl (C=O) groups is 2. The van der Waals surface area contributed by atoms with E-state index in [2.05, 4.69) is 4.98 Å². The Kier molecular flexibility index (Phi) is 1.71. The van der Waals surface area contributed by atoms with Gasteiger partial charge in [-0.1, -0.05) is 0 Å². The molecule has 5 nitrogen and oxygen atoms in total. The maximum atomic E-state index is 12.0. The molecule has 3 rings (SSSR count). The van der Waals surface area contributed by atoms with Gasteiger partial charge in [-0.05, 0) is 18.9 Å². The highest BCUT2D eigenvalue weighted by Gasteiger charge is 2.56. The number of imide groups is 1. The summed E-state index contributed by atoms with van der Waals surface area (Å²) in [4.78, 5) is 29.1. The first-order valence-corrected chi connectivity index (χ1v) is 5.13. The smallest absolute Gasteiger partial charge is 0.263 e. The number of rotatable bonds is 2. The first-order valence-electron chi connectivity index (χ1n) is 5.13. The standard InChI is InChI=1S/C11H10N2O3/c14-6-11(2-3-11)13-9(15)7-1-4-12-5-8(7)10(13)16/h1,4-5,14H,2-3,6H2. The van der Waals surface area contributed by atoms with Crippen molar-refractivity contribution in [2.24, 2.45) is 0 Å². The summed E-state index contributed by atoms with van der Waals surface area (Å²) in [6.07, 6.45) is 4.26. The summed E-state index contributed by atoms with van der Waals surface area (Å²) in [5, 5.41) is 9.27. The number of aliphatic hydroxyl groups excluding tert-OH is 1. The molecule has 2 heterocycles. The normalized spacial score (nSPS) is 21.2. The van der Waals surface area contributed by atoms with Crippen LogP contribution in [0.15, 0.2) is 18.5 Å². The Hall–Kier alpha value is -1.75. The molecule has 0 atom stereocenters. The van der Waals surface area contributed by atoms with Crippen molar-refractivity contribution >= 4 is 11.8 Å². The number of amides is 2. The quantitative estimate of drug-likeness (QED) is 0.720. The maximum Gasteiger partial charge on any atom is 0.263 e. The molecule has 2 aliphatic rings. The summed E-state index contributed by atoms with van der Waals surface area (Å²) in [5.41, 5.74) is 0.0830. The van der Waals surface area contributed by atoms with Gasteiger partial charge in [0, 0.05) is 12.4 Å². The zero-order valence-electron chi connectivity index (χ0n) is 8.51. The largest absolute Gasteiger partial charge is 0.394 e. The molecule has 1 N–H and O–H groups in total. The fourth-order valence-electron chi connectivity index (χ4n) is 2.11. The van der Waals surface area contributed by atoms with E-state index in [1.54, 1.807) is 6.07 Å². The minimum absolute atomic E-state index is 0.161. The summed E-state index contributed by atoms with van der Waals surface area (Å²) in [5.74, 6) is -0.645. The second-order valence-corrected chi connectivity index (χ2v) is 4.25. The minimum Gasteiger partial charge on any atom is -0.394 e. The lowest BCUT2D eigenvalue weighted by molar-refractivity contribution is 0.0478. The number of fused-ring (bicyclic) bond motifs is 1. The van der Waals surface area contributed by atoms with E-state index in [0.29, 0.717) is 24.0 Å².